The summed E-state index contributed by atoms with van der Waals surface area (Å²) in [5.41, 5.74) is 7.85. The molecule has 5 nitrogen and oxygen atoms in total. The van der Waals surface area contributed by atoms with E-state index in [0.717, 1.165) is 16.5 Å². The molecule has 1 radical (unpaired) electrons. The summed E-state index contributed by atoms with van der Waals surface area (Å²) in [6.45, 7) is 4.06. The maximum atomic E-state index is 11.3. The van der Waals surface area contributed by atoms with Crippen LogP contribution in [0.3, 0.4) is 0 Å². The molecule has 0 aromatic heterocycles. The van der Waals surface area contributed by atoms with Gasteiger partial charge in [-0.05, 0) is 0 Å². The average molecular weight is 324 g/mol. The van der Waals surface area contributed by atoms with Crippen LogP contribution in [0.4, 0.5) is 10.5 Å². The Bertz CT molecular complexity index is 467. The monoisotopic (exact) mass is 324 g/mol. The van der Waals surface area contributed by atoms with Crippen LogP contribution in [0.2, 0.25) is 5.21 Å². The summed E-state index contributed by atoms with van der Waals surface area (Å²) in [4.78, 5) is 12.8. The maximum absolute atomic E-state index is 11.3. The predicted octanol–water partition coefficient (Wildman–Crippen LogP) is 0.661. The third-order valence-electron chi connectivity index (χ3n) is 3.26. The van der Waals surface area contributed by atoms with E-state index in [1.807, 2.05) is 12.1 Å². The van der Waals surface area contributed by atoms with Gasteiger partial charge in [-0.3, -0.25) is 0 Å². The zero-order valence-corrected chi connectivity index (χ0v) is 12.8. The van der Waals surface area contributed by atoms with Crippen molar-refractivity contribution >= 4 is 31.9 Å². The van der Waals surface area contributed by atoms with E-state index in [-0.39, 0.29) is 21.8 Å². The average Bonchev–Trinajstić information content (AvgIpc) is 2.41. The van der Waals surface area contributed by atoms with Gasteiger partial charge in [-0.2, -0.15) is 0 Å². The van der Waals surface area contributed by atoms with E-state index >= 15 is 0 Å². The van der Waals surface area contributed by atoms with Gasteiger partial charge >= 0.3 is 119 Å². The van der Waals surface area contributed by atoms with Crippen molar-refractivity contribution in [3.8, 4) is 0 Å². The summed E-state index contributed by atoms with van der Waals surface area (Å²) in [5.74, 6) is 0. The molecule has 1 aliphatic rings. The van der Waals surface area contributed by atoms with E-state index in [1.54, 1.807) is 0 Å². The van der Waals surface area contributed by atoms with Gasteiger partial charge in [0.2, 0.25) is 0 Å². The molecular formula is C13H19AsN3O2. The molecule has 1 amide bonds. The number of nitrogens with one attached hydrogen (secondary N) is 1. The second-order valence-corrected chi connectivity index (χ2v) is 7.49. The van der Waals surface area contributed by atoms with Crippen molar-refractivity contribution in [3.05, 3.63) is 23.8 Å². The van der Waals surface area contributed by atoms with Crippen molar-refractivity contribution in [3.63, 3.8) is 0 Å². The Morgan fingerprint density at radius 1 is 1.63 bits per heavy atom. The van der Waals surface area contributed by atoms with Gasteiger partial charge in [0.1, 0.15) is 0 Å². The van der Waals surface area contributed by atoms with Crippen molar-refractivity contribution in [2.24, 2.45) is 0 Å². The summed E-state index contributed by atoms with van der Waals surface area (Å²) in [6, 6.07) is 5.84. The van der Waals surface area contributed by atoms with Crippen LogP contribution in [-0.2, 0) is 0 Å². The first-order valence-electron chi connectivity index (χ1n) is 6.40. The fourth-order valence-electron chi connectivity index (χ4n) is 2.31. The summed E-state index contributed by atoms with van der Waals surface area (Å²) < 4.78 is 1.20. The van der Waals surface area contributed by atoms with E-state index in [1.165, 1.54) is 9.25 Å². The number of nitrogens with zero attached hydrogens (tertiary/aromatic N) is 1. The number of nitrogen functional groups attached to an aromatic ring is 1. The van der Waals surface area contributed by atoms with Crippen LogP contribution >= 0.6 is 0 Å². The van der Waals surface area contributed by atoms with Crippen LogP contribution < -0.4 is 15.4 Å². The molecule has 1 heterocycles. The van der Waals surface area contributed by atoms with Gasteiger partial charge in [0.15, 0.2) is 0 Å². The van der Waals surface area contributed by atoms with Crippen LogP contribution in [0.1, 0.15) is 18.5 Å². The first kappa shape index (κ1) is 14.2. The molecule has 1 aromatic carbocycles. The van der Waals surface area contributed by atoms with Gasteiger partial charge < -0.3 is 0 Å². The molecule has 0 bridgehead atoms. The summed E-state index contributed by atoms with van der Waals surface area (Å²) in [5, 5.41) is 13.7. The summed E-state index contributed by atoms with van der Waals surface area (Å²) >= 11 is 0.0743. The number of hydrogen-bond donors (Lipinski definition) is 3. The predicted molar refractivity (Wildman–Crippen MR) is 77.1 cm³/mol. The number of rotatable bonds is 3. The first-order chi connectivity index (χ1) is 9.13. The molecule has 1 unspecified atom stereocenters. The van der Waals surface area contributed by atoms with E-state index in [9.17, 15) is 9.90 Å². The molecule has 0 aliphatic carbocycles. The van der Waals surface area contributed by atoms with Crippen LogP contribution in [0.25, 0.3) is 0 Å². The van der Waals surface area contributed by atoms with Crippen molar-refractivity contribution < 1.29 is 9.90 Å². The molecule has 1 aliphatic heterocycles. The molecule has 103 valence electrons. The third-order valence-corrected chi connectivity index (χ3v) is 5.45. The van der Waals surface area contributed by atoms with Crippen LogP contribution in [0.15, 0.2) is 18.2 Å². The molecule has 2 rings (SSSR count). The number of piperazine rings is 1. The van der Waals surface area contributed by atoms with Gasteiger partial charge in [-0.15, -0.1) is 0 Å². The van der Waals surface area contributed by atoms with Gasteiger partial charge in [0.25, 0.3) is 0 Å². The molecule has 6 heteroatoms. The summed E-state index contributed by atoms with van der Waals surface area (Å²) in [6.07, 6.45) is -0.853. The topological polar surface area (TPSA) is 78.6 Å². The van der Waals surface area contributed by atoms with Gasteiger partial charge in [-0.25, -0.2) is 0 Å². The first-order valence-corrected chi connectivity index (χ1v) is 8.67. The van der Waals surface area contributed by atoms with E-state index in [2.05, 4.69) is 18.3 Å². The number of amides is 1. The zero-order valence-electron chi connectivity index (χ0n) is 11.0. The summed E-state index contributed by atoms with van der Waals surface area (Å²) in [7, 11) is 0. The van der Waals surface area contributed by atoms with E-state index in [0.29, 0.717) is 19.6 Å². The number of anilines is 1. The standard InChI is InChI=1S/C13H19AsN3O2/c1-2-14-10-7-9(3-4-11(10)15)12-8-16-5-6-17(12)13(18)19/h3-4,7,12,16H,2,5-6,8,15H2,1H3,(H,18,19). The fourth-order valence-corrected chi connectivity index (χ4v) is 4.06. The molecule has 4 N–H and O–H groups in total. The van der Waals surface area contributed by atoms with Crippen molar-refractivity contribution in [2.75, 3.05) is 25.4 Å². The van der Waals surface area contributed by atoms with Crippen LogP contribution in [0, 0.1) is 0 Å². The third kappa shape index (κ3) is 3.22. The van der Waals surface area contributed by atoms with Gasteiger partial charge in [-0.1, -0.05) is 0 Å². The Hall–Kier alpha value is -1.19. The SMILES string of the molecule is CC[As]c1cc(C2CNCCN2C(=O)O)ccc1N. The van der Waals surface area contributed by atoms with E-state index in [4.69, 9.17) is 5.73 Å². The molecule has 1 aromatic rings. The normalized spacial score (nSPS) is 20.1. The number of benzene rings is 1. The molecule has 0 saturated carbocycles. The fraction of sp³-hybridized carbons (Fsp3) is 0.462. The minimum atomic E-state index is -0.853. The number of carboxylic acid groups (broad SMARTS) is 1. The molecular weight excluding hydrogens is 305 g/mol. The number of hydrogen-bond acceptors (Lipinski definition) is 3. The molecule has 1 fully saturated rings. The second-order valence-electron chi connectivity index (χ2n) is 4.49. The Labute approximate surface area is 119 Å². The Morgan fingerprint density at radius 3 is 3.11 bits per heavy atom. The number of carbonyl (C=O) groups is 1. The van der Waals surface area contributed by atoms with Crippen LogP contribution in [-0.4, -0.2) is 51.5 Å². The van der Waals surface area contributed by atoms with Gasteiger partial charge in [0, 0.05) is 0 Å². The Balaban J connectivity index is 2.28. The zero-order chi connectivity index (χ0) is 13.8. The van der Waals surface area contributed by atoms with Crippen molar-refractivity contribution in [2.45, 2.75) is 18.2 Å². The van der Waals surface area contributed by atoms with Crippen molar-refractivity contribution in [1.29, 1.82) is 0 Å². The Morgan fingerprint density at radius 2 is 2.42 bits per heavy atom. The minimum absolute atomic E-state index is 0.0743. The molecule has 1 atom stereocenters. The van der Waals surface area contributed by atoms with Crippen molar-refractivity contribution in [1.82, 2.24) is 10.2 Å². The Kier molecular flexibility index (Phi) is 4.72. The van der Waals surface area contributed by atoms with Crippen LogP contribution in [0.5, 0.6) is 0 Å². The van der Waals surface area contributed by atoms with Gasteiger partial charge in [0.05, 0.1) is 0 Å². The molecule has 1 saturated heterocycles. The van der Waals surface area contributed by atoms with E-state index < -0.39 is 6.09 Å². The molecule has 0 spiro atoms. The quantitative estimate of drug-likeness (QED) is 0.564. The second kappa shape index (κ2) is 6.31. The molecule has 19 heavy (non-hydrogen) atoms. The number of nitrogens with two attached hydrogens (primary N) is 1.